The Hall–Kier alpha value is -0.860. The molecule has 2 nitrogen and oxygen atoms in total. The molecular formula is C19H27NO. The van der Waals surface area contributed by atoms with Crippen molar-refractivity contribution in [3.63, 3.8) is 0 Å². The van der Waals surface area contributed by atoms with Crippen molar-refractivity contribution in [2.75, 3.05) is 19.7 Å². The Kier molecular flexibility index (Phi) is 3.35. The summed E-state index contributed by atoms with van der Waals surface area (Å²) in [6, 6.07) is 11.9. The van der Waals surface area contributed by atoms with Crippen molar-refractivity contribution in [3.05, 3.63) is 35.9 Å². The maximum Gasteiger partial charge on any atom is 0.0710 e. The molecular weight excluding hydrogens is 258 g/mol. The SMILES string of the molecule is CC1(c2ccccc2)CCC2CC3(CCCO3)CCN2C1. The van der Waals surface area contributed by atoms with E-state index in [4.69, 9.17) is 4.74 Å². The fourth-order valence-electron chi connectivity index (χ4n) is 4.89. The van der Waals surface area contributed by atoms with Crippen LogP contribution in [-0.2, 0) is 10.2 Å². The first kappa shape index (κ1) is 13.8. The zero-order valence-corrected chi connectivity index (χ0v) is 13.2. The van der Waals surface area contributed by atoms with Gasteiger partial charge in [-0.05, 0) is 44.1 Å². The van der Waals surface area contributed by atoms with E-state index in [1.807, 2.05) is 0 Å². The van der Waals surface area contributed by atoms with Crippen molar-refractivity contribution in [3.8, 4) is 0 Å². The highest BCUT2D eigenvalue weighted by molar-refractivity contribution is 5.26. The number of fused-ring (bicyclic) bond motifs is 1. The first-order valence-electron chi connectivity index (χ1n) is 8.63. The number of nitrogens with zero attached hydrogens (tertiary/aromatic N) is 1. The first-order valence-corrected chi connectivity index (χ1v) is 8.63. The summed E-state index contributed by atoms with van der Waals surface area (Å²) in [7, 11) is 0. The molecule has 21 heavy (non-hydrogen) atoms. The fourth-order valence-corrected chi connectivity index (χ4v) is 4.89. The number of piperidine rings is 2. The van der Waals surface area contributed by atoms with Gasteiger partial charge in [0.2, 0.25) is 0 Å². The van der Waals surface area contributed by atoms with Crippen LogP contribution >= 0.6 is 0 Å². The van der Waals surface area contributed by atoms with Gasteiger partial charge >= 0.3 is 0 Å². The van der Waals surface area contributed by atoms with Crippen molar-refractivity contribution < 1.29 is 4.74 Å². The van der Waals surface area contributed by atoms with Crippen molar-refractivity contribution in [2.45, 2.75) is 62.5 Å². The molecule has 0 aromatic heterocycles. The average Bonchev–Trinajstić information content (AvgIpc) is 2.97. The van der Waals surface area contributed by atoms with Crippen LogP contribution < -0.4 is 0 Å². The van der Waals surface area contributed by atoms with Crippen molar-refractivity contribution in [2.24, 2.45) is 0 Å². The van der Waals surface area contributed by atoms with Gasteiger partial charge in [0.05, 0.1) is 5.60 Å². The van der Waals surface area contributed by atoms with Crippen molar-refractivity contribution in [1.29, 1.82) is 0 Å². The molecule has 3 saturated heterocycles. The third kappa shape index (κ3) is 2.43. The number of hydrogen-bond acceptors (Lipinski definition) is 2. The third-order valence-corrected chi connectivity index (χ3v) is 6.22. The molecule has 3 atom stereocenters. The second-order valence-corrected chi connectivity index (χ2v) is 7.68. The normalized spacial score (nSPS) is 40.3. The Labute approximate surface area is 128 Å². The van der Waals surface area contributed by atoms with E-state index in [1.54, 1.807) is 0 Å². The molecule has 1 aromatic rings. The lowest BCUT2D eigenvalue weighted by Crippen LogP contribution is -2.57. The minimum Gasteiger partial charge on any atom is -0.375 e. The zero-order chi connectivity index (χ0) is 14.3. The summed E-state index contributed by atoms with van der Waals surface area (Å²) in [6.07, 6.45) is 7.73. The second-order valence-electron chi connectivity index (χ2n) is 7.68. The van der Waals surface area contributed by atoms with E-state index in [2.05, 4.69) is 42.2 Å². The third-order valence-electron chi connectivity index (χ3n) is 6.22. The summed E-state index contributed by atoms with van der Waals surface area (Å²) < 4.78 is 6.14. The number of benzene rings is 1. The Morgan fingerprint density at radius 3 is 2.76 bits per heavy atom. The lowest BCUT2D eigenvalue weighted by atomic mass is 9.70. The van der Waals surface area contributed by atoms with Gasteiger partial charge in [0, 0.05) is 31.2 Å². The molecule has 3 heterocycles. The van der Waals surface area contributed by atoms with Crippen LogP contribution in [0.2, 0.25) is 0 Å². The van der Waals surface area contributed by atoms with E-state index in [1.165, 1.54) is 57.2 Å². The Bertz CT molecular complexity index is 494. The first-order chi connectivity index (χ1) is 10.2. The lowest BCUT2D eigenvalue weighted by molar-refractivity contribution is -0.0800. The summed E-state index contributed by atoms with van der Waals surface area (Å²) in [5, 5.41) is 0. The van der Waals surface area contributed by atoms with Gasteiger partial charge in [0.15, 0.2) is 0 Å². The molecule has 0 bridgehead atoms. The monoisotopic (exact) mass is 285 g/mol. The van der Waals surface area contributed by atoms with Crippen molar-refractivity contribution in [1.82, 2.24) is 4.90 Å². The van der Waals surface area contributed by atoms with E-state index in [-0.39, 0.29) is 5.60 Å². The van der Waals surface area contributed by atoms with E-state index in [0.717, 1.165) is 12.6 Å². The molecule has 3 unspecified atom stereocenters. The largest absolute Gasteiger partial charge is 0.375 e. The number of ether oxygens (including phenoxy) is 1. The van der Waals surface area contributed by atoms with Crippen LogP contribution in [0.4, 0.5) is 0 Å². The maximum absolute atomic E-state index is 6.14. The summed E-state index contributed by atoms with van der Waals surface area (Å²) >= 11 is 0. The number of hydrogen-bond donors (Lipinski definition) is 0. The highest BCUT2D eigenvalue weighted by Crippen LogP contribution is 2.44. The zero-order valence-electron chi connectivity index (χ0n) is 13.2. The van der Waals surface area contributed by atoms with E-state index >= 15 is 0 Å². The molecule has 0 N–H and O–H groups in total. The van der Waals surface area contributed by atoms with E-state index < -0.39 is 0 Å². The Morgan fingerprint density at radius 2 is 2.00 bits per heavy atom. The molecule has 0 radical (unpaired) electrons. The van der Waals surface area contributed by atoms with Crippen LogP contribution in [0.15, 0.2) is 30.3 Å². The molecule has 3 aliphatic rings. The summed E-state index contributed by atoms with van der Waals surface area (Å²) in [4.78, 5) is 2.75. The van der Waals surface area contributed by atoms with Gasteiger partial charge in [-0.3, -0.25) is 4.90 Å². The van der Waals surface area contributed by atoms with Crippen LogP contribution in [0.1, 0.15) is 51.0 Å². The van der Waals surface area contributed by atoms with Gasteiger partial charge in [-0.2, -0.15) is 0 Å². The van der Waals surface area contributed by atoms with E-state index in [0.29, 0.717) is 5.41 Å². The molecule has 2 heteroatoms. The summed E-state index contributed by atoms with van der Waals surface area (Å²) in [6.45, 7) is 5.90. The fraction of sp³-hybridized carbons (Fsp3) is 0.684. The second kappa shape index (κ2) is 5.10. The molecule has 1 spiro atoms. The van der Waals surface area contributed by atoms with Gasteiger partial charge in [-0.25, -0.2) is 0 Å². The molecule has 0 amide bonds. The Morgan fingerprint density at radius 1 is 1.14 bits per heavy atom. The number of rotatable bonds is 1. The summed E-state index contributed by atoms with van der Waals surface area (Å²) in [5.41, 5.74) is 2.10. The quantitative estimate of drug-likeness (QED) is 0.779. The molecule has 0 aliphatic carbocycles. The predicted octanol–water partition coefficient (Wildman–Crippen LogP) is 3.75. The standard InChI is InChI=1S/C19H27NO/c1-18(16-6-3-2-4-7-16)10-8-17-14-19(9-5-13-21-19)11-12-20(17)15-18/h2-4,6-7,17H,5,8-15H2,1H3. The minimum atomic E-state index is 0.252. The molecule has 0 saturated carbocycles. The van der Waals surface area contributed by atoms with E-state index in [9.17, 15) is 0 Å². The van der Waals surface area contributed by atoms with Gasteiger partial charge in [-0.15, -0.1) is 0 Å². The topological polar surface area (TPSA) is 12.5 Å². The van der Waals surface area contributed by atoms with Crippen LogP contribution in [0, 0.1) is 0 Å². The van der Waals surface area contributed by atoms with Crippen LogP contribution in [0.5, 0.6) is 0 Å². The lowest BCUT2D eigenvalue weighted by Gasteiger charge is -2.52. The Balaban J connectivity index is 1.50. The van der Waals surface area contributed by atoms with Gasteiger partial charge < -0.3 is 4.74 Å². The smallest absolute Gasteiger partial charge is 0.0710 e. The highest BCUT2D eigenvalue weighted by Gasteiger charge is 2.46. The highest BCUT2D eigenvalue weighted by atomic mass is 16.5. The average molecular weight is 285 g/mol. The van der Waals surface area contributed by atoms with Crippen LogP contribution in [0.25, 0.3) is 0 Å². The molecule has 1 aromatic carbocycles. The van der Waals surface area contributed by atoms with Gasteiger partial charge in [0.1, 0.15) is 0 Å². The van der Waals surface area contributed by atoms with Gasteiger partial charge in [0.25, 0.3) is 0 Å². The molecule has 114 valence electrons. The maximum atomic E-state index is 6.14. The van der Waals surface area contributed by atoms with Crippen LogP contribution in [0.3, 0.4) is 0 Å². The summed E-state index contributed by atoms with van der Waals surface area (Å²) in [5.74, 6) is 0. The minimum absolute atomic E-state index is 0.252. The predicted molar refractivity (Wildman–Crippen MR) is 85.5 cm³/mol. The van der Waals surface area contributed by atoms with Gasteiger partial charge in [-0.1, -0.05) is 37.3 Å². The van der Waals surface area contributed by atoms with Crippen LogP contribution in [-0.4, -0.2) is 36.2 Å². The molecule has 3 fully saturated rings. The molecule has 4 rings (SSSR count). The van der Waals surface area contributed by atoms with Crippen molar-refractivity contribution >= 4 is 0 Å². The molecule has 3 aliphatic heterocycles.